The minimum absolute atomic E-state index is 0.281. The summed E-state index contributed by atoms with van der Waals surface area (Å²) < 4.78 is 16.6. The van der Waals surface area contributed by atoms with Gasteiger partial charge in [-0.2, -0.15) is 0 Å². The molecule has 0 aliphatic carbocycles. The maximum absolute atomic E-state index is 12.8. The Morgan fingerprint density at radius 2 is 1.59 bits per heavy atom. The van der Waals surface area contributed by atoms with Gasteiger partial charge in [-0.05, 0) is 54.8 Å². The van der Waals surface area contributed by atoms with E-state index in [1.807, 2.05) is 12.1 Å². The smallest absolute Gasteiger partial charge is 0.415 e. The zero-order valence-corrected chi connectivity index (χ0v) is 20.8. The number of carboxylic acid groups (broad SMARTS) is 1. The maximum atomic E-state index is 12.8. The molecule has 2 aromatic rings. The van der Waals surface area contributed by atoms with E-state index in [2.05, 4.69) is 13.8 Å². The second-order valence-electron chi connectivity index (χ2n) is 7.93. The Morgan fingerprint density at radius 1 is 0.971 bits per heavy atom. The van der Waals surface area contributed by atoms with E-state index in [0.29, 0.717) is 48.7 Å². The number of hydrogen-bond donors (Lipinski definition) is 1. The molecule has 0 bridgehead atoms. The van der Waals surface area contributed by atoms with Crippen LogP contribution >= 0.6 is 11.6 Å². The van der Waals surface area contributed by atoms with Gasteiger partial charge in [0.15, 0.2) is 6.10 Å². The maximum Gasteiger partial charge on any atom is 0.415 e. The molecule has 0 spiro atoms. The average Bonchev–Trinajstić information content (AvgIpc) is 2.83. The molecule has 0 saturated carbocycles. The lowest BCUT2D eigenvalue weighted by Gasteiger charge is -2.26. The number of carbonyl (C=O) groups excluding carboxylic acids is 1. The van der Waals surface area contributed by atoms with Gasteiger partial charge in [-0.25, -0.2) is 9.59 Å². The van der Waals surface area contributed by atoms with Gasteiger partial charge in [0.05, 0.1) is 6.54 Å². The number of ether oxygens (including phenoxy) is 3. The molecule has 1 amide bonds. The molecule has 0 aromatic heterocycles. The van der Waals surface area contributed by atoms with Crippen LogP contribution in [0.4, 0.5) is 4.79 Å². The molecule has 0 fully saturated rings. The summed E-state index contributed by atoms with van der Waals surface area (Å²) in [6, 6.07) is 13.9. The van der Waals surface area contributed by atoms with Gasteiger partial charge in [0, 0.05) is 24.6 Å². The second-order valence-corrected chi connectivity index (χ2v) is 8.37. The Labute approximate surface area is 206 Å². The lowest BCUT2D eigenvalue weighted by Crippen LogP contribution is -2.40. The number of rotatable bonds is 14. The molecule has 8 heteroatoms. The van der Waals surface area contributed by atoms with Crippen LogP contribution < -0.4 is 9.47 Å². The van der Waals surface area contributed by atoms with Crippen molar-refractivity contribution < 1.29 is 28.9 Å². The number of hydrogen-bond acceptors (Lipinski definition) is 5. The van der Waals surface area contributed by atoms with Gasteiger partial charge in [-0.1, -0.05) is 50.4 Å². The van der Waals surface area contributed by atoms with E-state index in [1.54, 1.807) is 48.2 Å². The molecule has 1 N–H and O–H groups in total. The van der Waals surface area contributed by atoms with Crippen LogP contribution in [0.1, 0.15) is 39.2 Å². The predicted molar refractivity (Wildman–Crippen MR) is 132 cm³/mol. The Balaban J connectivity index is 1.95. The molecule has 0 heterocycles. The summed E-state index contributed by atoms with van der Waals surface area (Å²) in [5.41, 5.74) is 0.843. The number of carbonyl (C=O) groups is 2. The third kappa shape index (κ3) is 9.23. The zero-order valence-electron chi connectivity index (χ0n) is 20.0. The van der Waals surface area contributed by atoms with Crippen LogP contribution in [0.3, 0.4) is 0 Å². The molecule has 2 aromatic carbocycles. The molecule has 1 unspecified atom stereocenters. The van der Waals surface area contributed by atoms with Crippen LogP contribution in [-0.4, -0.2) is 54.5 Å². The number of nitrogens with zero attached hydrogens (tertiary/aromatic N) is 1. The quantitative estimate of drug-likeness (QED) is 0.365. The molecular formula is C26H34ClNO6. The predicted octanol–water partition coefficient (Wildman–Crippen LogP) is 5.69. The van der Waals surface area contributed by atoms with Crippen molar-refractivity contribution in [3.8, 4) is 11.5 Å². The normalized spacial score (nSPS) is 11.8. The molecule has 0 radical (unpaired) electrons. The van der Waals surface area contributed by atoms with Crippen LogP contribution in [-0.2, 0) is 16.0 Å². The van der Waals surface area contributed by atoms with Gasteiger partial charge in [-0.3, -0.25) is 0 Å². The summed E-state index contributed by atoms with van der Waals surface area (Å²) in [5, 5.41) is 9.81. The highest BCUT2D eigenvalue weighted by atomic mass is 35.5. The molecular weight excluding hydrogens is 458 g/mol. The summed E-state index contributed by atoms with van der Waals surface area (Å²) >= 11 is 5.91. The van der Waals surface area contributed by atoms with E-state index in [4.69, 9.17) is 25.8 Å². The molecule has 34 heavy (non-hydrogen) atoms. The largest absolute Gasteiger partial charge is 0.492 e. The van der Waals surface area contributed by atoms with Gasteiger partial charge in [0.2, 0.25) is 0 Å². The highest BCUT2D eigenvalue weighted by molar-refractivity contribution is 6.30. The number of halogens is 1. The molecule has 2 rings (SSSR count). The van der Waals surface area contributed by atoms with Crippen LogP contribution in [0.2, 0.25) is 5.02 Å². The summed E-state index contributed by atoms with van der Waals surface area (Å²) in [6.07, 6.45) is 0.903. The van der Waals surface area contributed by atoms with E-state index in [9.17, 15) is 14.7 Å². The summed E-state index contributed by atoms with van der Waals surface area (Å²) in [5.74, 6) is 0.461. The number of carboxylic acids is 1. The van der Waals surface area contributed by atoms with Crippen molar-refractivity contribution in [1.82, 2.24) is 4.90 Å². The SMILES string of the molecule is CCOC(Cc1ccc(OCCN(CC(CC)CC)C(=O)Oc2ccc(Cl)cc2)cc1)C(=O)O. The number of amides is 1. The van der Waals surface area contributed by atoms with Crippen molar-refractivity contribution in [1.29, 1.82) is 0 Å². The van der Waals surface area contributed by atoms with Crippen LogP contribution in [0.25, 0.3) is 0 Å². The third-order valence-corrected chi connectivity index (χ3v) is 5.78. The van der Waals surface area contributed by atoms with Crippen molar-refractivity contribution in [2.45, 2.75) is 46.1 Å². The fourth-order valence-corrected chi connectivity index (χ4v) is 3.54. The summed E-state index contributed by atoms with van der Waals surface area (Å²) in [4.78, 5) is 25.8. The van der Waals surface area contributed by atoms with E-state index < -0.39 is 18.2 Å². The second kappa shape index (κ2) is 14.5. The minimum atomic E-state index is -0.981. The summed E-state index contributed by atoms with van der Waals surface area (Å²) in [7, 11) is 0. The Hall–Kier alpha value is -2.77. The molecule has 186 valence electrons. The van der Waals surface area contributed by atoms with Crippen molar-refractivity contribution >= 4 is 23.7 Å². The molecule has 7 nitrogen and oxygen atoms in total. The topological polar surface area (TPSA) is 85.3 Å². The minimum Gasteiger partial charge on any atom is -0.492 e. The van der Waals surface area contributed by atoms with Crippen molar-refractivity contribution in [3.63, 3.8) is 0 Å². The summed E-state index contributed by atoms with van der Waals surface area (Å²) in [6.45, 7) is 7.57. The van der Waals surface area contributed by atoms with Gasteiger partial charge in [-0.15, -0.1) is 0 Å². The Morgan fingerprint density at radius 3 is 2.15 bits per heavy atom. The fourth-order valence-electron chi connectivity index (χ4n) is 3.41. The standard InChI is InChI=1S/C26H34ClNO6/c1-4-19(5-2)18-28(26(31)34-23-13-9-21(27)10-14-23)15-16-33-22-11-7-20(8-12-22)17-24(25(29)30)32-6-3/h7-14,19,24H,4-6,15-18H2,1-3H3,(H,29,30). The highest BCUT2D eigenvalue weighted by Crippen LogP contribution is 2.18. The van der Waals surface area contributed by atoms with Gasteiger partial charge in [0.25, 0.3) is 0 Å². The highest BCUT2D eigenvalue weighted by Gasteiger charge is 2.20. The number of benzene rings is 2. The van der Waals surface area contributed by atoms with E-state index >= 15 is 0 Å². The van der Waals surface area contributed by atoms with Crippen molar-refractivity contribution in [2.75, 3.05) is 26.3 Å². The van der Waals surface area contributed by atoms with Crippen molar-refractivity contribution in [2.24, 2.45) is 5.92 Å². The van der Waals surface area contributed by atoms with Crippen LogP contribution in [0.15, 0.2) is 48.5 Å². The third-order valence-electron chi connectivity index (χ3n) is 5.53. The van der Waals surface area contributed by atoms with E-state index in [1.165, 1.54) is 0 Å². The Kier molecular flexibility index (Phi) is 11.7. The molecule has 0 aliphatic heterocycles. The first-order valence-electron chi connectivity index (χ1n) is 11.6. The Bertz CT molecular complexity index is 883. The van der Waals surface area contributed by atoms with E-state index in [0.717, 1.165) is 18.4 Å². The van der Waals surface area contributed by atoms with Gasteiger partial charge < -0.3 is 24.2 Å². The molecule has 0 aliphatic rings. The average molecular weight is 492 g/mol. The van der Waals surface area contributed by atoms with Crippen LogP contribution in [0.5, 0.6) is 11.5 Å². The monoisotopic (exact) mass is 491 g/mol. The molecule has 1 atom stereocenters. The van der Waals surface area contributed by atoms with Crippen LogP contribution in [0, 0.1) is 5.92 Å². The number of aliphatic carboxylic acids is 1. The first kappa shape index (κ1) is 27.5. The lowest BCUT2D eigenvalue weighted by atomic mass is 10.0. The molecule has 0 saturated heterocycles. The van der Waals surface area contributed by atoms with E-state index in [-0.39, 0.29) is 6.42 Å². The lowest BCUT2D eigenvalue weighted by molar-refractivity contribution is -0.149. The van der Waals surface area contributed by atoms with Crippen molar-refractivity contribution in [3.05, 3.63) is 59.1 Å². The van der Waals surface area contributed by atoms with Gasteiger partial charge in [0.1, 0.15) is 18.1 Å². The first-order chi connectivity index (χ1) is 16.4. The van der Waals surface area contributed by atoms with Gasteiger partial charge >= 0.3 is 12.1 Å². The fraction of sp³-hybridized carbons (Fsp3) is 0.462. The first-order valence-corrected chi connectivity index (χ1v) is 12.0. The zero-order chi connectivity index (χ0) is 24.9.